The van der Waals surface area contributed by atoms with Gasteiger partial charge in [0.1, 0.15) is 0 Å². The van der Waals surface area contributed by atoms with Gasteiger partial charge in [0.25, 0.3) is 11.8 Å². The van der Waals surface area contributed by atoms with Crippen LogP contribution in [0.5, 0.6) is 0 Å². The van der Waals surface area contributed by atoms with Crippen molar-refractivity contribution in [3.63, 3.8) is 0 Å². The molecule has 0 saturated heterocycles. The third-order valence-electron chi connectivity index (χ3n) is 3.82. The standard InChI is InChI=1S/C19H19N3O5/c1-11-14(17(24)20-10-13-6-4-3-5-7-13)8-9-15(19(26)27)16(11)18(25)22-21-12(2)23/h3-9H,10H2,1-2H3,(H,20,24)(H,21,23)(H,22,25)(H,26,27). The molecule has 4 N–H and O–H groups in total. The number of carbonyl (C=O) groups excluding carboxylic acids is 3. The highest BCUT2D eigenvalue weighted by Gasteiger charge is 2.23. The Labute approximate surface area is 155 Å². The third-order valence-corrected chi connectivity index (χ3v) is 3.82. The summed E-state index contributed by atoms with van der Waals surface area (Å²) >= 11 is 0. The molecule has 0 radical (unpaired) electrons. The fourth-order valence-corrected chi connectivity index (χ4v) is 2.51. The molecule has 2 aromatic rings. The summed E-state index contributed by atoms with van der Waals surface area (Å²) in [7, 11) is 0. The van der Waals surface area contributed by atoms with E-state index < -0.39 is 23.7 Å². The molecule has 0 aliphatic heterocycles. The minimum absolute atomic E-state index is 0.170. The van der Waals surface area contributed by atoms with Crippen molar-refractivity contribution in [2.24, 2.45) is 0 Å². The van der Waals surface area contributed by atoms with Crippen LogP contribution in [0.1, 0.15) is 49.1 Å². The second kappa shape index (κ2) is 8.61. The molecule has 2 rings (SSSR count). The summed E-state index contributed by atoms with van der Waals surface area (Å²) in [4.78, 5) is 47.2. The number of rotatable bonds is 5. The van der Waals surface area contributed by atoms with Crippen LogP contribution < -0.4 is 16.2 Å². The van der Waals surface area contributed by atoms with Crippen molar-refractivity contribution in [2.75, 3.05) is 0 Å². The number of hydrogen-bond donors (Lipinski definition) is 4. The van der Waals surface area contributed by atoms with E-state index in [1.54, 1.807) is 0 Å². The number of amides is 3. The summed E-state index contributed by atoms with van der Waals surface area (Å²) in [5.41, 5.74) is 5.03. The van der Waals surface area contributed by atoms with E-state index in [2.05, 4.69) is 16.2 Å². The maximum absolute atomic E-state index is 12.5. The molecular weight excluding hydrogens is 350 g/mol. The first-order chi connectivity index (χ1) is 12.8. The van der Waals surface area contributed by atoms with Crippen LogP contribution in [0.3, 0.4) is 0 Å². The van der Waals surface area contributed by atoms with Crippen LogP contribution in [0.25, 0.3) is 0 Å². The van der Waals surface area contributed by atoms with E-state index in [1.807, 2.05) is 30.3 Å². The third kappa shape index (κ3) is 4.91. The predicted octanol–water partition coefficient (Wildman–Crippen LogP) is 1.40. The Morgan fingerprint density at radius 3 is 2.11 bits per heavy atom. The van der Waals surface area contributed by atoms with Crippen molar-refractivity contribution in [1.29, 1.82) is 0 Å². The fraction of sp³-hybridized carbons (Fsp3) is 0.158. The van der Waals surface area contributed by atoms with Gasteiger partial charge in [-0.2, -0.15) is 0 Å². The summed E-state index contributed by atoms with van der Waals surface area (Å²) in [6, 6.07) is 11.8. The van der Waals surface area contributed by atoms with Crippen LogP contribution in [0.4, 0.5) is 0 Å². The topological polar surface area (TPSA) is 125 Å². The Morgan fingerprint density at radius 2 is 1.52 bits per heavy atom. The number of nitrogens with one attached hydrogen (secondary N) is 3. The average Bonchev–Trinajstić information content (AvgIpc) is 2.64. The highest BCUT2D eigenvalue weighted by atomic mass is 16.4. The van der Waals surface area contributed by atoms with Gasteiger partial charge in [-0.15, -0.1) is 0 Å². The van der Waals surface area contributed by atoms with Gasteiger partial charge in [-0.25, -0.2) is 4.79 Å². The zero-order valence-corrected chi connectivity index (χ0v) is 14.8. The molecule has 0 aromatic heterocycles. The zero-order chi connectivity index (χ0) is 20.0. The molecule has 0 saturated carbocycles. The molecule has 0 heterocycles. The van der Waals surface area contributed by atoms with Gasteiger partial charge in [-0.3, -0.25) is 25.2 Å². The monoisotopic (exact) mass is 369 g/mol. The Hall–Kier alpha value is -3.68. The zero-order valence-electron chi connectivity index (χ0n) is 14.8. The summed E-state index contributed by atoms with van der Waals surface area (Å²) in [5.74, 6) is -3.10. The lowest BCUT2D eigenvalue weighted by atomic mass is 9.95. The molecular formula is C19H19N3O5. The SMILES string of the molecule is CC(=O)NNC(=O)c1c(C(=O)O)ccc(C(=O)NCc2ccccc2)c1C. The largest absolute Gasteiger partial charge is 0.478 e. The molecule has 0 aliphatic carbocycles. The lowest BCUT2D eigenvalue weighted by molar-refractivity contribution is -0.119. The Kier molecular flexibility index (Phi) is 6.27. The predicted molar refractivity (Wildman–Crippen MR) is 97.0 cm³/mol. The minimum Gasteiger partial charge on any atom is -0.478 e. The fourth-order valence-electron chi connectivity index (χ4n) is 2.51. The normalized spacial score (nSPS) is 10.0. The molecule has 3 amide bonds. The van der Waals surface area contributed by atoms with Crippen LogP contribution >= 0.6 is 0 Å². The highest BCUT2D eigenvalue weighted by molar-refractivity contribution is 6.09. The number of hydrogen-bond acceptors (Lipinski definition) is 4. The molecule has 0 aliphatic rings. The summed E-state index contributed by atoms with van der Waals surface area (Å²) in [6.45, 7) is 2.96. The molecule has 0 spiro atoms. The maximum Gasteiger partial charge on any atom is 0.336 e. The van der Waals surface area contributed by atoms with Crippen LogP contribution in [0.15, 0.2) is 42.5 Å². The number of carbonyl (C=O) groups is 4. The molecule has 0 unspecified atom stereocenters. The highest BCUT2D eigenvalue weighted by Crippen LogP contribution is 2.19. The quantitative estimate of drug-likeness (QED) is 0.593. The second-order valence-electron chi connectivity index (χ2n) is 5.77. The van der Waals surface area contributed by atoms with E-state index in [9.17, 15) is 24.3 Å². The van der Waals surface area contributed by atoms with Crippen LogP contribution in [0, 0.1) is 6.92 Å². The second-order valence-corrected chi connectivity index (χ2v) is 5.77. The van der Waals surface area contributed by atoms with Gasteiger partial charge in [-0.05, 0) is 30.2 Å². The lowest BCUT2D eigenvalue weighted by Gasteiger charge is -2.14. The van der Waals surface area contributed by atoms with Crippen LogP contribution in [0.2, 0.25) is 0 Å². The number of benzene rings is 2. The first-order valence-corrected chi connectivity index (χ1v) is 8.07. The molecule has 27 heavy (non-hydrogen) atoms. The van der Waals surface area contributed by atoms with Crippen molar-refractivity contribution in [1.82, 2.24) is 16.2 Å². The molecule has 2 aromatic carbocycles. The lowest BCUT2D eigenvalue weighted by Crippen LogP contribution is -2.41. The number of carboxylic acids is 1. The van der Waals surface area contributed by atoms with E-state index in [0.717, 1.165) is 5.56 Å². The smallest absolute Gasteiger partial charge is 0.336 e. The van der Waals surface area contributed by atoms with E-state index in [1.165, 1.54) is 26.0 Å². The van der Waals surface area contributed by atoms with E-state index >= 15 is 0 Å². The summed E-state index contributed by atoms with van der Waals surface area (Å²) < 4.78 is 0. The number of aromatic carboxylic acids is 1. The average molecular weight is 369 g/mol. The van der Waals surface area contributed by atoms with Crippen molar-refractivity contribution in [3.8, 4) is 0 Å². The Balaban J connectivity index is 2.30. The minimum atomic E-state index is -1.32. The van der Waals surface area contributed by atoms with Gasteiger partial charge in [0.2, 0.25) is 5.91 Å². The van der Waals surface area contributed by atoms with E-state index in [-0.39, 0.29) is 28.8 Å². The molecule has 8 heteroatoms. The van der Waals surface area contributed by atoms with Gasteiger partial charge in [-0.1, -0.05) is 30.3 Å². The van der Waals surface area contributed by atoms with E-state index in [0.29, 0.717) is 0 Å². The Morgan fingerprint density at radius 1 is 0.889 bits per heavy atom. The number of hydrazine groups is 1. The van der Waals surface area contributed by atoms with Gasteiger partial charge >= 0.3 is 5.97 Å². The summed E-state index contributed by atoms with van der Waals surface area (Å²) in [5, 5.41) is 12.1. The van der Waals surface area contributed by atoms with Gasteiger partial charge in [0, 0.05) is 19.0 Å². The Bertz CT molecular complexity index is 894. The van der Waals surface area contributed by atoms with Gasteiger partial charge in [0.05, 0.1) is 11.1 Å². The molecule has 140 valence electrons. The van der Waals surface area contributed by atoms with Crippen LogP contribution in [-0.4, -0.2) is 28.8 Å². The van der Waals surface area contributed by atoms with Gasteiger partial charge in [0.15, 0.2) is 0 Å². The van der Waals surface area contributed by atoms with Crippen molar-refractivity contribution >= 4 is 23.7 Å². The summed E-state index contributed by atoms with van der Waals surface area (Å²) in [6.07, 6.45) is 0. The molecule has 8 nitrogen and oxygen atoms in total. The first-order valence-electron chi connectivity index (χ1n) is 8.07. The first kappa shape index (κ1) is 19.6. The molecule has 0 fully saturated rings. The maximum atomic E-state index is 12.5. The van der Waals surface area contributed by atoms with Crippen molar-refractivity contribution in [2.45, 2.75) is 20.4 Å². The van der Waals surface area contributed by atoms with Crippen LogP contribution in [-0.2, 0) is 11.3 Å². The number of carboxylic acid groups (broad SMARTS) is 1. The van der Waals surface area contributed by atoms with E-state index in [4.69, 9.17) is 0 Å². The van der Waals surface area contributed by atoms with Crippen molar-refractivity contribution in [3.05, 3.63) is 70.3 Å². The van der Waals surface area contributed by atoms with Gasteiger partial charge < -0.3 is 10.4 Å². The van der Waals surface area contributed by atoms with Crippen molar-refractivity contribution < 1.29 is 24.3 Å². The molecule has 0 bridgehead atoms. The molecule has 0 atom stereocenters.